The number of hydrogen-bond donors (Lipinski definition) is 1. The van der Waals surface area contributed by atoms with Gasteiger partial charge in [-0.1, -0.05) is 28.9 Å². The fourth-order valence-electron chi connectivity index (χ4n) is 3.25. The Balaban J connectivity index is 1.51. The molecule has 4 rings (SSSR count). The van der Waals surface area contributed by atoms with Crippen LogP contribution in [0.1, 0.15) is 38.9 Å². The van der Waals surface area contributed by atoms with Crippen molar-refractivity contribution in [2.24, 2.45) is 0 Å². The van der Waals surface area contributed by atoms with Crippen LogP contribution in [0.4, 0.5) is 5.69 Å². The van der Waals surface area contributed by atoms with E-state index in [0.29, 0.717) is 34.6 Å². The molecular weight excluding hydrogens is 456 g/mol. The summed E-state index contributed by atoms with van der Waals surface area (Å²) in [6, 6.07) is 19.6. The molecule has 154 valence electrons. The average Bonchev–Trinajstić information content (AvgIpc) is 3.24. The number of nitrogens with zero attached hydrogens (tertiary/aromatic N) is 3. The summed E-state index contributed by atoms with van der Waals surface area (Å²) in [6.45, 7) is 1.97. The first kappa shape index (κ1) is 20.7. The minimum absolute atomic E-state index is 0.0738. The molecule has 2 aromatic carbocycles. The predicted octanol–water partition coefficient (Wildman–Crippen LogP) is 5.08. The summed E-state index contributed by atoms with van der Waals surface area (Å²) in [5.41, 5.74) is 3.03. The molecule has 0 bridgehead atoms. The van der Waals surface area contributed by atoms with Crippen molar-refractivity contribution >= 4 is 33.3 Å². The maximum Gasteiger partial charge on any atom is 0.259 e. The van der Waals surface area contributed by atoms with Gasteiger partial charge in [0.1, 0.15) is 0 Å². The van der Waals surface area contributed by atoms with Crippen LogP contribution in [0.5, 0.6) is 0 Å². The van der Waals surface area contributed by atoms with Crippen LogP contribution in [0.15, 0.2) is 83.6 Å². The van der Waals surface area contributed by atoms with Crippen molar-refractivity contribution in [3.63, 3.8) is 0 Å². The molecule has 0 unspecified atom stereocenters. The molecule has 2 heterocycles. The van der Waals surface area contributed by atoms with Crippen LogP contribution in [-0.4, -0.2) is 26.5 Å². The van der Waals surface area contributed by atoms with Crippen LogP contribution in [0, 0.1) is 0 Å². The smallest absolute Gasteiger partial charge is 0.259 e. The van der Waals surface area contributed by atoms with Gasteiger partial charge in [0.15, 0.2) is 11.6 Å². The van der Waals surface area contributed by atoms with Crippen LogP contribution >= 0.6 is 15.9 Å². The topological polar surface area (TPSA) is 76.9 Å². The molecule has 0 aliphatic carbocycles. The fraction of sp³-hybridized carbons (Fsp3) is 0.0833. The zero-order chi connectivity index (χ0) is 21.8. The van der Waals surface area contributed by atoms with E-state index in [1.54, 1.807) is 53.5 Å². The molecule has 0 saturated carbocycles. The van der Waals surface area contributed by atoms with Crippen molar-refractivity contribution in [2.45, 2.75) is 13.3 Å². The second-order valence-electron chi connectivity index (χ2n) is 6.83. The predicted molar refractivity (Wildman–Crippen MR) is 123 cm³/mol. The first-order valence-corrected chi connectivity index (χ1v) is 10.6. The fourth-order valence-corrected chi connectivity index (χ4v) is 3.52. The van der Waals surface area contributed by atoms with Gasteiger partial charge in [0, 0.05) is 27.5 Å². The van der Waals surface area contributed by atoms with Gasteiger partial charge in [0.05, 0.1) is 17.5 Å². The van der Waals surface area contributed by atoms with E-state index in [-0.39, 0.29) is 11.7 Å². The summed E-state index contributed by atoms with van der Waals surface area (Å²) < 4.78 is 2.59. The summed E-state index contributed by atoms with van der Waals surface area (Å²) in [6.07, 6.45) is 3.86. The molecule has 1 N–H and O–H groups in total. The highest BCUT2D eigenvalue weighted by Crippen LogP contribution is 2.19. The second kappa shape index (κ2) is 9.06. The van der Waals surface area contributed by atoms with Crippen LogP contribution in [-0.2, 0) is 6.42 Å². The molecule has 31 heavy (non-hydrogen) atoms. The number of carbonyl (C=O) groups excluding carboxylic acids is 2. The lowest BCUT2D eigenvalue weighted by Crippen LogP contribution is -2.14. The zero-order valence-corrected chi connectivity index (χ0v) is 18.3. The van der Waals surface area contributed by atoms with Gasteiger partial charge in [-0.15, -0.1) is 0 Å². The minimum atomic E-state index is -0.258. The number of rotatable bonds is 6. The minimum Gasteiger partial charge on any atom is -0.322 e. The van der Waals surface area contributed by atoms with Gasteiger partial charge in [-0.3, -0.25) is 9.59 Å². The molecule has 0 atom stereocenters. The lowest BCUT2D eigenvalue weighted by molar-refractivity contribution is 0.102. The Morgan fingerprint density at radius 2 is 1.65 bits per heavy atom. The van der Waals surface area contributed by atoms with Gasteiger partial charge < -0.3 is 5.32 Å². The first-order valence-electron chi connectivity index (χ1n) is 9.77. The van der Waals surface area contributed by atoms with Crippen LogP contribution < -0.4 is 5.32 Å². The summed E-state index contributed by atoms with van der Waals surface area (Å²) >= 11 is 3.37. The third-order valence-electron chi connectivity index (χ3n) is 4.83. The highest BCUT2D eigenvalue weighted by Gasteiger charge is 2.18. The van der Waals surface area contributed by atoms with Crippen molar-refractivity contribution < 1.29 is 9.59 Å². The van der Waals surface area contributed by atoms with Crippen molar-refractivity contribution in [2.75, 3.05) is 5.32 Å². The van der Waals surface area contributed by atoms with E-state index in [9.17, 15) is 9.59 Å². The molecule has 0 aliphatic heterocycles. The summed E-state index contributed by atoms with van der Waals surface area (Å²) in [4.78, 5) is 29.8. The number of carbonyl (C=O) groups is 2. The van der Waals surface area contributed by atoms with Crippen molar-refractivity contribution in [1.82, 2.24) is 14.8 Å². The molecule has 2 aromatic heterocycles. The van der Waals surface area contributed by atoms with Gasteiger partial charge in [0.2, 0.25) is 0 Å². The van der Waals surface area contributed by atoms with Gasteiger partial charge in [-0.2, -0.15) is 5.10 Å². The number of benzene rings is 2. The highest BCUT2D eigenvalue weighted by molar-refractivity contribution is 9.10. The van der Waals surface area contributed by atoms with E-state index in [1.807, 2.05) is 37.3 Å². The Bertz CT molecular complexity index is 1220. The van der Waals surface area contributed by atoms with Crippen LogP contribution in [0.25, 0.3) is 5.82 Å². The normalized spacial score (nSPS) is 10.6. The van der Waals surface area contributed by atoms with Crippen LogP contribution in [0.3, 0.4) is 0 Å². The van der Waals surface area contributed by atoms with Gasteiger partial charge in [-0.25, -0.2) is 9.67 Å². The quantitative estimate of drug-likeness (QED) is 0.395. The molecule has 4 aromatic rings. The Labute approximate surface area is 188 Å². The molecule has 0 spiro atoms. The van der Waals surface area contributed by atoms with E-state index in [2.05, 4.69) is 31.3 Å². The highest BCUT2D eigenvalue weighted by atomic mass is 79.9. The second-order valence-corrected chi connectivity index (χ2v) is 7.74. The summed E-state index contributed by atoms with van der Waals surface area (Å²) in [7, 11) is 0. The lowest BCUT2D eigenvalue weighted by Gasteiger charge is -2.08. The van der Waals surface area contributed by atoms with E-state index in [4.69, 9.17) is 0 Å². The maximum atomic E-state index is 12.9. The third-order valence-corrected chi connectivity index (χ3v) is 5.35. The number of aromatic nitrogens is 3. The lowest BCUT2D eigenvalue weighted by atomic mass is 10.0. The van der Waals surface area contributed by atoms with Gasteiger partial charge in [-0.05, 0) is 67.1 Å². The maximum absolute atomic E-state index is 12.9. The zero-order valence-electron chi connectivity index (χ0n) is 16.7. The molecule has 0 aliphatic rings. The number of halogens is 1. The number of nitrogens with one attached hydrogen (secondary N) is 1. The Morgan fingerprint density at radius 3 is 2.26 bits per heavy atom. The van der Waals surface area contributed by atoms with Crippen molar-refractivity contribution in [1.29, 1.82) is 0 Å². The number of pyridine rings is 1. The van der Waals surface area contributed by atoms with Crippen LogP contribution in [0.2, 0.25) is 0 Å². The number of anilines is 1. The number of ketones is 1. The Kier molecular flexibility index (Phi) is 6.04. The number of hydrogen-bond acceptors (Lipinski definition) is 4. The summed E-state index contributed by atoms with van der Waals surface area (Å²) in [5.74, 6) is 0.329. The molecule has 7 heteroatoms. The third kappa shape index (κ3) is 4.46. The molecule has 0 radical (unpaired) electrons. The van der Waals surface area contributed by atoms with Crippen molar-refractivity contribution in [3.05, 3.63) is 106 Å². The van der Waals surface area contributed by atoms with Crippen molar-refractivity contribution in [3.8, 4) is 5.82 Å². The van der Waals surface area contributed by atoms with E-state index in [1.165, 1.54) is 0 Å². The monoisotopic (exact) mass is 474 g/mol. The van der Waals surface area contributed by atoms with E-state index < -0.39 is 0 Å². The molecule has 1 amide bonds. The molecule has 6 nitrogen and oxygen atoms in total. The Morgan fingerprint density at radius 1 is 0.968 bits per heavy atom. The Hall–Kier alpha value is -3.58. The molecule has 0 fully saturated rings. The summed E-state index contributed by atoms with van der Waals surface area (Å²) in [5, 5.41) is 7.22. The SMILES string of the molecule is CCc1c(C(=O)Nc2ccc(C(=O)c3ccc(Br)cc3)cc2)cnn1-c1ccccn1. The van der Waals surface area contributed by atoms with E-state index >= 15 is 0 Å². The van der Waals surface area contributed by atoms with Gasteiger partial charge >= 0.3 is 0 Å². The largest absolute Gasteiger partial charge is 0.322 e. The standard InChI is InChI=1S/C24H19BrN4O2/c1-2-21-20(15-27-29(21)22-5-3-4-14-26-22)24(31)28-19-12-8-17(9-13-19)23(30)16-6-10-18(25)11-7-16/h3-15H,2H2,1H3,(H,28,31). The molecule has 0 saturated heterocycles. The number of amides is 1. The first-order chi connectivity index (χ1) is 15.1. The molecular formula is C24H19BrN4O2. The average molecular weight is 475 g/mol. The van der Waals surface area contributed by atoms with Gasteiger partial charge in [0.25, 0.3) is 5.91 Å². The van der Waals surface area contributed by atoms with E-state index in [0.717, 1.165) is 10.2 Å².